The summed E-state index contributed by atoms with van der Waals surface area (Å²) in [6.45, 7) is 3.69. The molecule has 1 aliphatic rings. The van der Waals surface area contributed by atoms with E-state index >= 15 is 0 Å². The average Bonchev–Trinajstić information content (AvgIpc) is 2.27. The molecule has 0 saturated carbocycles. The van der Waals surface area contributed by atoms with Crippen molar-refractivity contribution in [1.29, 1.82) is 0 Å². The second-order valence-electron chi connectivity index (χ2n) is 3.63. The Bertz CT molecular complexity index is 373. The summed E-state index contributed by atoms with van der Waals surface area (Å²) in [5.74, 6) is 1.45. The smallest absolute Gasteiger partial charge is 0.193 e. The number of carbonyl (C=O) groups is 1. The number of hydrogen-bond acceptors (Lipinski definition) is 3. The van der Waals surface area contributed by atoms with E-state index in [1.807, 2.05) is 38.1 Å². The van der Waals surface area contributed by atoms with E-state index in [2.05, 4.69) is 0 Å². The molecule has 1 aliphatic heterocycles. The molecule has 0 spiro atoms. The van der Waals surface area contributed by atoms with Crippen LogP contribution in [0.15, 0.2) is 24.3 Å². The van der Waals surface area contributed by atoms with E-state index in [4.69, 9.17) is 9.47 Å². The third kappa shape index (κ3) is 1.82. The summed E-state index contributed by atoms with van der Waals surface area (Å²) >= 11 is 0. The Kier molecular flexibility index (Phi) is 2.62. The third-order valence-electron chi connectivity index (χ3n) is 2.51. The highest BCUT2D eigenvalue weighted by molar-refractivity contribution is 5.84. The molecule has 0 aliphatic carbocycles. The van der Waals surface area contributed by atoms with Gasteiger partial charge in [0.2, 0.25) is 0 Å². The van der Waals surface area contributed by atoms with E-state index in [9.17, 15) is 4.79 Å². The van der Waals surface area contributed by atoms with Gasteiger partial charge >= 0.3 is 0 Å². The molecule has 0 amide bonds. The topological polar surface area (TPSA) is 35.5 Å². The molecule has 2 unspecified atom stereocenters. The van der Waals surface area contributed by atoms with Crippen LogP contribution < -0.4 is 9.47 Å². The molecule has 1 aromatic carbocycles. The van der Waals surface area contributed by atoms with Gasteiger partial charge in [0, 0.05) is 6.42 Å². The molecule has 3 nitrogen and oxygen atoms in total. The van der Waals surface area contributed by atoms with E-state index in [1.54, 1.807) is 0 Å². The van der Waals surface area contributed by atoms with Gasteiger partial charge < -0.3 is 9.47 Å². The summed E-state index contributed by atoms with van der Waals surface area (Å²) < 4.78 is 11.2. The summed E-state index contributed by atoms with van der Waals surface area (Å²) in [5, 5.41) is 0. The lowest BCUT2D eigenvalue weighted by Crippen LogP contribution is -2.43. The normalized spacial score (nSPS) is 23.6. The van der Waals surface area contributed by atoms with E-state index in [1.165, 1.54) is 0 Å². The summed E-state index contributed by atoms with van der Waals surface area (Å²) in [4.78, 5) is 11.6. The number of ketones is 1. The first-order valence-corrected chi connectivity index (χ1v) is 5.17. The highest BCUT2D eigenvalue weighted by Crippen LogP contribution is 2.33. The van der Waals surface area contributed by atoms with Crippen LogP contribution in [0.5, 0.6) is 11.5 Å². The van der Waals surface area contributed by atoms with Crippen molar-refractivity contribution in [2.75, 3.05) is 0 Å². The predicted octanol–water partition coefficient (Wildman–Crippen LogP) is 2.19. The molecule has 0 aromatic heterocycles. The van der Waals surface area contributed by atoms with Crippen LogP contribution in [0.4, 0.5) is 0 Å². The molecule has 0 fully saturated rings. The molecule has 1 aromatic rings. The minimum absolute atomic E-state index is 0.0806. The number of Topliss-reactive ketones (excluding diaryl/α,β-unsaturated/α-hetero) is 1. The average molecular weight is 206 g/mol. The van der Waals surface area contributed by atoms with E-state index in [0.717, 1.165) is 0 Å². The van der Waals surface area contributed by atoms with Crippen LogP contribution in [0.1, 0.15) is 20.3 Å². The molecule has 2 atom stereocenters. The van der Waals surface area contributed by atoms with Crippen LogP contribution in [-0.4, -0.2) is 18.0 Å². The minimum Gasteiger partial charge on any atom is -0.482 e. The Labute approximate surface area is 89.0 Å². The molecule has 0 bridgehead atoms. The summed E-state index contributed by atoms with van der Waals surface area (Å²) in [7, 11) is 0. The van der Waals surface area contributed by atoms with Crippen molar-refractivity contribution in [3.8, 4) is 11.5 Å². The van der Waals surface area contributed by atoms with Gasteiger partial charge in [-0.25, -0.2) is 0 Å². The van der Waals surface area contributed by atoms with Crippen LogP contribution in [0.25, 0.3) is 0 Å². The Morgan fingerprint density at radius 3 is 2.47 bits per heavy atom. The van der Waals surface area contributed by atoms with Crippen molar-refractivity contribution in [3.05, 3.63) is 24.3 Å². The van der Waals surface area contributed by atoms with Crippen LogP contribution in [0, 0.1) is 0 Å². The third-order valence-corrected chi connectivity index (χ3v) is 2.51. The molecule has 3 heteroatoms. The zero-order valence-electron chi connectivity index (χ0n) is 8.90. The van der Waals surface area contributed by atoms with Crippen LogP contribution in [-0.2, 0) is 4.79 Å². The van der Waals surface area contributed by atoms with Gasteiger partial charge in [0.25, 0.3) is 0 Å². The lowest BCUT2D eigenvalue weighted by atomic mass is 10.1. The zero-order chi connectivity index (χ0) is 10.8. The molecule has 2 rings (SSSR count). The number of rotatable bonds is 2. The first-order valence-electron chi connectivity index (χ1n) is 5.17. The van der Waals surface area contributed by atoms with Crippen molar-refractivity contribution >= 4 is 5.78 Å². The number of carbonyl (C=O) groups excluding carboxylic acids is 1. The fourth-order valence-corrected chi connectivity index (χ4v) is 1.67. The fraction of sp³-hybridized carbons (Fsp3) is 0.417. The lowest BCUT2D eigenvalue weighted by Gasteiger charge is -2.30. The predicted molar refractivity (Wildman–Crippen MR) is 56.2 cm³/mol. The van der Waals surface area contributed by atoms with Gasteiger partial charge in [0.15, 0.2) is 23.4 Å². The largest absolute Gasteiger partial charge is 0.482 e. The second-order valence-corrected chi connectivity index (χ2v) is 3.63. The first-order chi connectivity index (χ1) is 7.22. The van der Waals surface area contributed by atoms with Gasteiger partial charge in [0.05, 0.1) is 0 Å². The Hall–Kier alpha value is -1.51. The molecular formula is C12H14O3. The standard InChI is InChI=1S/C12H14O3/c1-3-9(13)12-8(2)14-10-6-4-5-7-11(10)15-12/h4-8,12H,3H2,1-2H3. The minimum atomic E-state index is -0.468. The maximum Gasteiger partial charge on any atom is 0.193 e. The van der Waals surface area contributed by atoms with Gasteiger partial charge in [-0.3, -0.25) is 4.79 Å². The number of hydrogen-bond donors (Lipinski definition) is 0. The highest BCUT2D eigenvalue weighted by Gasteiger charge is 2.32. The van der Waals surface area contributed by atoms with Gasteiger partial charge in [-0.05, 0) is 19.1 Å². The van der Waals surface area contributed by atoms with Gasteiger partial charge in [0.1, 0.15) is 6.10 Å². The molecule has 1 heterocycles. The molecular weight excluding hydrogens is 192 g/mol. The summed E-state index contributed by atoms with van der Waals surface area (Å²) in [6, 6.07) is 7.41. The maximum absolute atomic E-state index is 11.6. The number of ether oxygens (including phenoxy) is 2. The zero-order valence-corrected chi connectivity index (χ0v) is 8.90. The molecule has 80 valence electrons. The Balaban J connectivity index is 2.25. The summed E-state index contributed by atoms with van der Waals surface area (Å²) in [6.07, 6.45) is -0.210. The van der Waals surface area contributed by atoms with Crippen molar-refractivity contribution in [2.24, 2.45) is 0 Å². The molecule has 0 saturated heterocycles. The van der Waals surface area contributed by atoms with Crippen molar-refractivity contribution < 1.29 is 14.3 Å². The maximum atomic E-state index is 11.6. The monoisotopic (exact) mass is 206 g/mol. The molecule has 0 N–H and O–H groups in total. The SMILES string of the molecule is CCC(=O)C1Oc2ccccc2OC1C. The van der Waals surface area contributed by atoms with Crippen LogP contribution in [0.2, 0.25) is 0 Å². The summed E-state index contributed by atoms with van der Waals surface area (Å²) in [5.41, 5.74) is 0. The lowest BCUT2D eigenvalue weighted by molar-refractivity contribution is -0.130. The van der Waals surface area contributed by atoms with E-state index in [-0.39, 0.29) is 11.9 Å². The fourth-order valence-electron chi connectivity index (χ4n) is 1.67. The van der Waals surface area contributed by atoms with Gasteiger partial charge in [-0.1, -0.05) is 19.1 Å². The van der Waals surface area contributed by atoms with E-state index in [0.29, 0.717) is 17.9 Å². The Morgan fingerprint density at radius 1 is 1.27 bits per heavy atom. The quantitative estimate of drug-likeness (QED) is 0.744. The van der Waals surface area contributed by atoms with E-state index < -0.39 is 6.10 Å². The van der Waals surface area contributed by atoms with Crippen LogP contribution in [0.3, 0.4) is 0 Å². The van der Waals surface area contributed by atoms with Gasteiger partial charge in [-0.2, -0.15) is 0 Å². The number of fused-ring (bicyclic) bond motifs is 1. The number of para-hydroxylation sites is 2. The number of benzene rings is 1. The van der Waals surface area contributed by atoms with Crippen molar-refractivity contribution in [1.82, 2.24) is 0 Å². The molecule has 15 heavy (non-hydrogen) atoms. The van der Waals surface area contributed by atoms with Crippen molar-refractivity contribution in [2.45, 2.75) is 32.5 Å². The first kappa shape index (κ1) is 10.0. The highest BCUT2D eigenvalue weighted by atomic mass is 16.6. The Morgan fingerprint density at radius 2 is 1.87 bits per heavy atom. The second kappa shape index (κ2) is 3.93. The van der Waals surface area contributed by atoms with Crippen LogP contribution >= 0.6 is 0 Å². The van der Waals surface area contributed by atoms with Gasteiger partial charge in [-0.15, -0.1) is 0 Å². The molecule has 0 radical (unpaired) electrons. The van der Waals surface area contributed by atoms with Crippen molar-refractivity contribution in [3.63, 3.8) is 0 Å².